The van der Waals surface area contributed by atoms with Crippen LogP contribution in [0.1, 0.15) is 48.8 Å². The summed E-state index contributed by atoms with van der Waals surface area (Å²) in [7, 11) is 1.15. The van der Waals surface area contributed by atoms with E-state index in [9.17, 15) is 14.4 Å². The molecule has 4 rings (SSSR count). The fourth-order valence-corrected chi connectivity index (χ4v) is 3.05. The number of carbonyl (C=O) groups excluding carboxylic acids is 3. The number of carbonyl (C=O) groups is 3. The van der Waals surface area contributed by atoms with Gasteiger partial charge in [-0.2, -0.15) is 0 Å². The van der Waals surface area contributed by atoms with E-state index in [2.05, 4.69) is 20.3 Å². The maximum Gasteiger partial charge on any atom is 0.408 e. The summed E-state index contributed by atoms with van der Waals surface area (Å²) >= 11 is 0. The molecule has 13 heteroatoms. The van der Waals surface area contributed by atoms with Crippen LogP contribution in [-0.2, 0) is 25.6 Å². The van der Waals surface area contributed by atoms with Crippen molar-refractivity contribution in [3.63, 3.8) is 0 Å². The lowest BCUT2D eigenvalue weighted by Crippen LogP contribution is -2.38. The summed E-state index contributed by atoms with van der Waals surface area (Å²) in [6.07, 6.45) is 2.70. The maximum absolute atomic E-state index is 12.3. The third kappa shape index (κ3) is 6.43. The molecule has 1 amide bonds. The Balaban J connectivity index is 1.45. The summed E-state index contributed by atoms with van der Waals surface area (Å²) in [4.78, 5) is 49.2. The van der Waals surface area contributed by atoms with E-state index in [1.54, 1.807) is 20.8 Å². The Morgan fingerprint density at radius 3 is 2.29 bits per heavy atom. The molecule has 3 aromatic heterocycles. The number of alkyl carbamates (subject to hydrolysis) is 1. The average Bonchev–Trinajstić information content (AvgIpc) is 3.65. The number of hydrogen-bond acceptors (Lipinski definition) is 12. The Bertz CT molecular complexity index is 1420. The van der Waals surface area contributed by atoms with E-state index in [0.717, 1.165) is 18.9 Å². The van der Waals surface area contributed by atoms with Crippen molar-refractivity contribution >= 4 is 18.0 Å². The largest absolute Gasteiger partial charge is 0.467 e. The van der Waals surface area contributed by atoms with E-state index in [1.165, 1.54) is 12.5 Å². The van der Waals surface area contributed by atoms with Crippen LogP contribution in [0.4, 0.5) is 4.79 Å². The number of methoxy groups -OCH3 is 1. The van der Waals surface area contributed by atoms with Gasteiger partial charge in [0, 0.05) is 0 Å². The number of nitrogens with one attached hydrogen (secondary N) is 1. The Hall–Kier alpha value is -4.94. The number of nitrogens with zero attached hydrogens (tertiary/aromatic N) is 3. The van der Waals surface area contributed by atoms with Gasteiger partial charge in [-0.1, -0.05) is 30.3 Å². The van der Waals surface area contributed by atoms with Crippen molar-refractivity contribution in [2.75, 3.05) is 7.11 Å². The van der Waals surface area contributed by atoms with Crippen molar-refractivity contribution in [2.24, 2.45) is 0 Å². The van der Waals surface area contributed by atoms with Crippen molar-refractivity contribution in [3.8, 4) is 23.2 Å². The van der Waals surface area contributed by atoms with Crippen LogP contribution in [0.3, 0.4) is 0 Å². The van der Waals surface area contributed by atoms with E-state index in [-0.39, 0.29) is 41.4 Å². The van der Waals surface area contributed by atoms with E-state index in [1.807, 2.05) is 30.3 Å². The van der Waals surface area contributed by atoms with Gasteiger partial charge in [0.15, 0.2) is 17.1 Å². The van der Waals surface area contributed by atoms with Crippen LogP contribution >= 0.6 is 0 Å². The van der Waals surface area contributed by atoms with E-state index in [0.29, 0.717) is 0 Å². The first kappa shape index (κ1) is 26.1. The number of esters is 2. The number of rotatable bonds is 8. The molecule has 1 aromatic carbocycles. The molecule has 1 atom stereocenters. The first-order valence-electron chi connectivity index (χ1n) is 11.3. The van der Waals surface area contributed by atoms with Crippen molar-refractivity contribution in [1.82, 2.24) is 20.3 Å². The summed E-state index contributed by atoms with van der Waals surface area (Å²) in [5.41, 5.74) is 0.273. The molecule has 1 N–H and O–H groups in total. The molecule has 0 aliphatic heterocycles. The van der Waals surface area contributed by atoms with Crippen LogP contribution in [0.2, 0.25) is 0 Å². The van der Waals surface area contributed by atoms with Crippen LogP contribution in [0.15, 0.2) is 62.4 Å². The van der Waals surface area contributed by atoms with Gasteiger partial charge in [-0.05, 0) is 26.3 Å². The number of aromatic nitrogens is 3. The predicted molar refractivity (Wildman–Crippen MR) is 127 cm³/mol. The molecular weight excluding hydrogens is 500 g/mol. The van der Waals surface area contributed by atoms with Crippen LogP contribution < -0.4 is 5.32 Å². The Kier molecular flexibility index (Phi) is 7.55. The molecule has 198 valence electrons. The average molecular weight is 524 g/mol. The monoisotopic (exact) mass is 524 g/mol. The summed E-state index contributed by atoms with van der Waals surface area (Å²) in [5.74, 6) is -1.67. The zero-order valence-corrected chi connectivity index (χ0v) is 20.9. The van der Waals surface area contributed by atoms with Gasteiger partial charge in [0.2, 0.25) is 23.7 Å². The first-order chi connectivity index (χ1) is 18.1. The lowest BCUT2D eigenvalue weighted by molar-refractivity contribution is -0.143. The highest BCUT2D eigenvalue weighted by molar-refractivity contribution is 5.87. The minimum Gasteiger partial charge on any atom is -0.467 e. The Morgan fingerprint density at radius 2 is 1.58 bits per heavy atom. The molecule has 38 heavy (non-hydrogen) atoms. The van der Waals surface area contributed by atoms with E-state index >= 15 is 0 Å². The molecule has 0 spiro atoms. The van der Waals surface area contributed by atoms with Gasteiger partial charge in [0.1, 0.15) is 31.0 Å². The van der Waals surface area contributed by atoms with Crippen LogP contribution in [0.5, 0.6) is 0 Å². The van der Waals surface area contributed by atoms with Crippen molar-refractivity contribution in [1.29, 1.82) is 0 Å². The molecule has 0 saturated heterocycles. The Morgan fingerprint density at radius 1 is 0.921 bits per heavy atom. The highest BCUT2D eigenvalue weighted by atomic mass is 16.6. The quantitative estimate of drug-likeness (QED) is 0.259. The number of hydrogen-bond donors (Lipinski definition) is 1. The van der Waals surface area contributed by atoms with Crippen LogP contribution in [0.25, 0.3) is 23.2 Å². The summed E-state index contributed by atoms with van der Waals surface area (Å²) in [6.45, 7) is 5.11. The molecule has 4 aromatic rings. The summed E-state index contributed by atoms with van der Waals surface area (Å²) < 4.78 is 31.3. The highest BCUT2D eigenvalue weighted by Crippen LogP contribution is 2.26. The fraction of sp³-hybridized carbons (Fsp3) is 0.280. The summed E-state index contributed by atoms with van der Waals surface area (Å²) in [5, 5.41) is 2.36. The molecule has 0 aliphatic carbocycles. The minimum absolute atomic E-state index is 0.00212. The molecule has 0 saturated carbocycles. The third-order valence-electron chi connectivity index (χ3n) is 4.74. The number of amides is 1. The molecule has 0 radical (unpaired) electrons. The van der Waals surface area contributed by atoms with E-state index in [4.69, 9.17) is 27.5 Å². The van der Waals surface area contributed by atoms with Crippen LogP contribution in [0, 0.1) is 0 Å². The smallest absolute Gasteiger partial charge is 0.408 e. The zero-order valence-electron chi connectivity index (χ0n) is 20.9. The molecule has 0 fully saturated rings. The topological polar surface area (TPSA) is 169 Å². The number of benzene rings is 1. The summed E-state index contributed by atoms with van der Waals surface area (Å²) in [6, 6.07) is 7.81. The normalized spacial score (nSPS) is 12.0. The zero-order chi connectivity index (χ0) is 27.3. The molecule has 0 bridgehead atoms. The number of ether oxygens (including phenoxy) is 3. The van der Waals surface area contributed by atoms with Crippen molar-refractivity contribution in [2.45, 2.75) is 39.0 Å². The molecule has 1 unspecified atom stereocenters. The van der Waals surface area contributed by atoms with Crippen LogP contribution in [-0.4, -0.2) is 45.7 Å². The maximum atomic E-state index is 12.3. The Labute approximate surface area is 216 Å². The predicted octanol–water partition coefficient (Wildman–Crippen LogP) is 4.08. The third-order valence-corrected chi connectivity index (χ3v) is 4.74. The highest BCUT2D eigenvalue weighted by Gasteiger charge is 2.31. The van der Waals surface area contributed by atoms with Gasteiger partial charge >= 0.3 is 18.0 Å². The first-order valence-corrected chi connectivity index (χ1v) is 11.3. The molecule has 13 nitrogen and oxygen atoms in total. The minimum atomic E-state index is -1.38. The van der Waals surface area contributed by atoms with Gasteiger partial charge in [-0.3, -0.25) is 5.32 Å². The standard InChI is InChI=1S/C25H24N4O9/c1-25(2,3)38-24(32)29-18(23(31)33-4)21-27-16(12-36-21)19-26-15(11-34-19)20-28-17(13-35-20)22(30)37-10-14-8-6-5-7-9-14/h5-9,11-13,18H,10H2,1-4H3,(H,29,32). The second-order valence-corrected chi connectivity index (χ2v) is 8.81. The second kappa shape index (κ2) is 11.0. The van der Waals surface area contributed by atoms with Gasteiger partial charge in [-0.15, -0.1) is 0 Å². The van der Waals surface area contributed by atoms with Gasteiger partial charge in [0.25, 0.3) is 0 Å². The van der Waals surface area contributed by atoms with Gasteiger partial charge < -0.3 is 27.5 Å². The van der Waals surface area contributed by atoms with Gasteiger partial charge in [-0.25, -0.2) is 29.3 Å². The molecule has 3 heterocycles. The molecule has 0 aliphatic rings. The van der Waals surface area contributed by atoms with Gasteiger partial charge in [0.05, 0.1) is 7.11 Å². The number of oxazole rings is 3. The lowest BCUT2D eigenvalue weighted by atomic mass is 10.2. The SMILES string of the molecule is COC(=O)C(NC(=O)OC(C)(C)C)c1nc(-c2nc(-c3nc(C(=O)OCc4ccccc4)co3)co2)co1. The van der Waals surface area contributed by atoms with Crippen molar-refractivity contribution in [3.05, 3.63) is 66.3 Å². The second-order valence-electron chi connectivity index (χ2n) is 8.81. The lowest BCUT2D eigenvalue weighted by Gasteiger charge is -2.21. The van der Waals surface area contributed by atoms with E-state index < -0.39 is 29.7 Å². The van der Waals surface area contributed by atoms with Crippen molar-refractivity contribution < 1.29 is 41.8 Å². The molecular formula is C25H24N4O9. The fourth-order valence-electron chi connectivity index (χ4n) is 3.05.